The van der Waals surface area contributed by atoms with Crippen LogP contribution in [0.15, 0.2) is 23.1 Å². The maximum Gasteiger partial charge on any atom is 0.338 e. The van der Waals surface area contributed by atoms with E-state index in [1.807, 2.05) is 0 Å². The molecule has 1 atom stereocenters. The fourth-order valence-corrected chi connectivity index (χ4v) is 3.71. The fourth-order valence-electron chi connectivity index (χ4n) is 2.79. The van der Waals surface area contributed by atoms with E-state index in [9.17, 15) is 18.0 Å². The minimum Gasteiger partial charge on any atom is -0.495 e. The van der Waals surface area contributed by atoms with Crippen LogP contribution in [0.4, 0.5) is 0 Å². The summed E-state index contributed by atoms with van der Waals surface area (Å²) in [5, 5.41) is 2.86. The summed E-state index contributed by atoms with van der Waals surface area (Å²) in [5.74, 6) is -1.04. The second-order valence-electron chi connectivity index (χ2n) is 6.11. The molecule has 9 heteroatoms. The van der Waals surface area contributed by atoms with Crippen molar-refractivity contribution >= 4 is 21.9 Å². The molecule has 1 aromatic rings. The molecule has 0 heterocycles. The van der Waals surface area contributed by atoms with Gasteiger partial charge in [0.2, 0.25) is 10.0 Å². The van der Waals surface area contributed by atoms with E-state index >= 15 is 0 Å². The summed E-state index contributed by atoms with van der Waals surface area (Å²) < 4.78 is 36.5. The number of carbonyl (C=O) groups is 2. The first-order chi connectivity index (χ1) is 12.3. The quantitative estimate of drug-likeness (QED) is 0.684. The molecule has 0 bridgehead atoms. The van der Waals surface area contributed by atoms with Crippen molar-refractivity contribution in [2.75, 3.05) is 14.2 Å². The number of rotatable bonds is 7. The Morgan fingerprint density at radius 3 is 2.46 bits per heavy atom. The summed E-state index contributed by atoms with van der Waals surface area (Å²) >= 11 is 0. The third kappa shape index (κ3) is 4.73. The molecule has 0 aliphatic heterocycles. The van der Waals surface area contributed by atoms with Gasteiger partial charge in [-0.15, -0.1) is 0 Å². The van der Waals surface area contributed by atoms with E-state index in [-0.39, 0.29) is 28.2 Å². The van der Waals surface area contributed by atoms with Gasteiger partial charge in [0, 0.05) is 6.04 Å². The van der Waals surface area contributed by atoms with Gasteiger partial charge in [0.25, 0.3) is 5.91 Å². The van der Waals surface area contributed by atoms with E-state index in [1.54, 1.807) is 0 Å². The second kappa shape index (κ2) is 8.50. The van der Waals surface area contributed by atoms with E-state index in [1.165, 1.54) is 33.2 Å². The number of hydrogen-bond donors (Lipinski definition) is 2. The normalized spacial score (nSPS) is 16.1. The molecule has 0 spiro atoms. The molecule has 0 aromatic heterocycles. The maximum atomic E-state index is 12.3. The Hall–Kier alpha value is -2.13. The Morgan fingerprint density at radius 2 is 1.88 bits per heavy atom. The predicted molar refractivity (Wildman–Crippen MR) is 94.5 cm³/mol. The van der Waals surface area contributed by atoms with Gasteiger partial charge in [-0.25, -0.2) is 17.9 Å². The Balaban J connectivity index is 2.11. The van der Waals surface area contributed by atoms with Gasteiger partial charge >= 0.3 is 5.97 Å². The smallest absolute Gasteiger partial charge is 0.338 e. The number of sulfonamides is 1. The lowest BCUT2D eigenvalue weighted by atomic mass is 10.2. The molecule has 0 radical (unpaired) electrons. The summed E-state index contributed by atoms with van der Waals surface area (Å²) in [6, 6.07) is 4.04. The molecule has 2 rings (SSSR count). The van der Waals surface area contributed by atoms with E-state index in [0.29, 0.717) is 0 Å². The highest BCUT2D eigenvalue weighted by molar-refractivity contribution is 7.89. The van der Waals surface area contributed by atoms with Crippen LogP contribution in [0, 0.1) is 0 Å². The summed E-state index contributed by atoms with van der Waals surface area (Å²) in [6.45, 7) is 1.48. The van der Waals surface area contributed by atoms with E-state index in [4.69, 9.17) is 9.47 Å². The lowest BCUT2D eigenvalue weighted by Gasteiger charge is -2.17. The highest BCUT2D eigenvalue weighted by Gasteiger charge is 2.25. The van der Waals surface area contributed by atoms with Crippen LogP contribution in [0.5, 0.6) is 5.75 Å². The molecule has 1 saturated carbocycles. The van der Waals surface area contributed by atoms with Crippen molar-refractivity contribution in [1.29, 1.82) is 0 Å². The van der Waals surface area contributed by atoms with Crippen LogP contribution in [0.3, 0.4) is 0 Å². The Morgan fingerprint density at radius 1 is 1.23 bits per heavy atom. The second-order valence-corrected chi connectivity index (χ2v) is 7.97. The van der Waals surface area contributed by atoms with Crippen molar-refractivity contribution in [3.05, 3.63) is 23.8 Å². The van der Waals surface area contributed by atoms with Crippen molar-refractivity contribution < 1.29 is 27.5 Å². The van der Waals surface area contributed by atoms with E-state index in [0.717, 1.165) is 31.7 Å². The third-order valence-corrected chi connectivity index (χ3v) is 5.75. The molecular weight excluding hydrogens is 360 g/mol. The topological polar surface area (TPSA) is 111 Å². The minimum absolute atomic E-state index is 0.0140. The molecule has 1 amide bonds. The summed E-state index contributed by atoms with van der Waals surface area (Å²) in [7, 11) is -1.23. The van der Waals surface area contributed by atoms with Crippen molar-refractivity contribution in [1.82, 2.24) is 10.0 Å². The molecule has 1 aliphatic carbocycles. The summed E-state index contributed by atoms with van der Waals surface area (Å²) in [4.78, 5) is 24.2. The van der Waals surface area contributed by atoms with E-state index < -0.39 is 22.1 Å². The molecule has 1 unspecified atom stereocenters. The van der Waals surface area contributed by atoms with Crippen LogP contribution in [-0.2, 0) is 19.6 Å². The summed E-state index contributed by atoms with van der Waals surface area (Å²) in [6.07, 6.45) is 3.03. The first kappa shape index (κ1) is 20.2. The monoisotopic (exact) mass is 384 g/mol. The number of amides is 1. The molecule has 2 N–H and O–H groups in total. The number of esters is 1. The Kier molecular flexibility index (Phi) is 6.60. The zero-order chi connectivity index (χ0) is 19.3. The van der Waals surface area contributed by atoms with Gasteiger partial charge < -0.3 is 14.8 Å². The summed E-state index contributed by atoms with van der Waals surface area (Å²) in [5.41, 5.74) is 0.0140. The van der Waals surface area contributed by atoms with Gasteiger partial charge in [-0.2, -0.15) is 0 Å². The number of nitrogens with one attached hydrogen (secondary N) is 2. The lowest BCUT2D eigenvalue weighted by Crippen LogP contribution is -2.40. The average Bonchev–Trinajstić information content (AvgIpc) is 3.13. The highest BCUT2D eigenvalue weighted by Crippen LogP contribution is 2.25. The van der Waals surface area contributed by atoms with Crippen LogP contribution >= 0.6 is 0 Å². The highest BCUT2D eigenvalue weighted by atomic mass is 32.2. The molecule has 0 saturated heterocycles. The molecule has 8 nitrogen and oxygen atoms in total. The zero-order valence-electron chi connectivity index (χ0n) is 15.1. The lowest BCUT2D eigenvalue weighted by molar-refractivity contribution is -0.129. The third-order valence-electron chi connectivity index (χ3n) is 4.31. The van der Waals surface area contributed by atoms with Crippen LogP contribution in [0.2, 0.25) is 0 Å². The number of ether oxygens (including phenoxy) is 2. The number of methoxy groups -OCH3 is 1. The van der Waals surface area contributed by atoms with Crippen LogP contribution in [0.1, 0.15) is 43.0 Å². The van der Waals surface area contributed by atoms with Crippen LogP contribution < -0.4 is 14.8 Å². The Labute approximate surface area is 153 Å². The number of benzene rings is 1. The zero-order valence-corrected chi connectivity index (χ0v) is 15.9. The standard InChI is InChI=1S/C17H24N2O6S/c1-11(16(20)19-13-6-4-5-7-13)25-17(21)12-8-9-14(24-3)15(10-12)26(22,23)18-2/h8-11,13,18H,4-7H2,1-3H3,(H,19,20). The fraction of sp³-hybridized carbons (Fsp3) is 0.529. The SMILES string of the molecule is CNS(=O)(=O)c1cc(C(=O)OC(C)C(=O)NC2CCCC2)ccc1OC. The number of carbonyl (C=O) groups excluding carboxylic acids is 2. The van der Waals surface area contributed by atoms with Gasteiger partial charge in [0.05, 0.1) is 12.7 Å². The van der Waals surface area contributed by atoms with Crippen LogP contribution in [0.25, 0.3) is 0 Å². The van der Waals surface area contributed by atoms with Gasteiger partial charge in [-0.3, -0.25) is 4.79 Å². The van der Waals surface area contributed by atoms with Crippen molar-refractivity contribution in [3.63, 3.8) is 0 Å². The average molecular weight is 384 g/mol. The maximum absolute atomic E-state index is 12.3. The van der Waals surface area contributed by atoms with Gasteiger partial charge in [0.15, 0.2) is 6.10 Å². The van der Waals surface area contributed by atoms with Gasteiger partial charge in [0.1, 0.15) is 10.6 Å². The van der Waals surface area contributed by atoms with Crippen LogP contribution in [-0.4, -0.2) is 46.6 Å². The van der Waals surface area contributed by atoms with Crippen molar-refractivity contribution in [2.24, 2.45) is 0 Å². The minimum atomic E-state index is -3.82. The molecule has 144 valence electrons. The molecule has 26 heavy (non-hydrogen) atoms. The first-order valence-corrected chi connectivity index (χ1v) is 9.89. The van der Waals surface area contributed by atoms with Gasteiger partial charge in [-0.05, 0) is 45.0 Å². The van der Waals surface area contributed by atoms with Crippen molar-refractivity contribution in [3.8, 4) is 5.75 Å². The Bertz CT molecular complexity index is 771. The molecule has 1 fully saturated rings. The predicted octanol–water partition coefficient (Wildman–Crippen LogP) is 1.21. The molecular formula is C17H24N2O6S. The first-order valence-electron chi connectivity index (χ1n) is 8.41. The van der Waals surface area contributed by atoms with Crippen molar-refractivity contribution in [2.45, 2.75) is 49.6 Å². The molecule has 1 aromatic carbocycles. The molecule has 1 aliphatic rings. The van der Waals surface area contributed by atoms with E-state index in [2.05, 4.69) is 10.0 Å². The largest absolute Gasteiger partial charge is 0.495 e. The number of hydrogen-bond acceptors (Lipinski definition) is 6. The van der Waals surface area contributed by atoms with Gasteiger partial charge in [-0.1, -0.05) is 12.8 Å².